The molecule has 1 aromatic heterocycles. The number of rotatable bonds is 3. The van der Waals surface area contributed by atoms with Crippen molar-refractivity contribution < 1.29 is 0 Å². The zero-order valence-corrected chi connectivity index (χ0v) is 9.58. The van der Waals surface area contributed by atoms with E-state index in [0.29, 0.717) is 0 Å². The molecular weight excluding hydrogens is 186 g/mol. The Morgan fingerprint density at radius 3 is 3.20 bits per heavy atom. The van der Waals surface area contributed by atoms with Crippen LogP contribution in [-0.2, 0) is 13.5 Å². The number of hydrogen-bond acceptors (Lipinski definition) is 2. The van der Waals surface area contributed by atoms with Crippen molar-refractivity contribution >= 4 is 0 Å². The van der Waals surface area contributed by atoms with E-state index in [9.17, 15) is 0 Å². The molecule has 1 N–H and O–H groups in total. The normalized spacial score (nSPS) is 22.6. The van der Waals surface area contributed by atoms with Crippen LogP contribution in [0.5, 0.6) is 0 Å². The second-order valence-electron chi connectivity index (χ2n) is 4.56. The maximum absolute atomic E-state index is 4.20. The van der Waals surface area contributed by atoms with Crippen LogP contribution in [0.25, 0.3) is 0 Å². The SMILES string of the molecule is Cn1cc(CCC2CCCCCN2)cn1. The average Bonchev–Trinajstić information content (AvgIpc) is 2.52. The van der Waals surface area contributed by atoms with Crippen molar-refractivity contribution in [3.05, 3.63) is 18.0 Å². The molecule has 1 atom stereocenters. The van der Waals surface area contributed by atoms with Gasteiger partial charge in [-0.25, -0.2) is 0 Å². The molecule has 0 radical (unpaired) electrons. The minimum absolute atomic E-state index is 0.729. The third-order valence-electron chi connectivity index (χ3n) is 3.20. The van der Waals surface area contributed by atoms with Crippen molar-refractivity contribution in [2.75, 3.05) is 6.54 Å². The molecule has 2 rings (SSSR count). The molecule has 0 saturated carbocycles. The van der Waals surface area contributed by atoms with Gasteiger partial charge in [0.15, 0.2) is 0 Å². The average molecular weight is 207 g/mol. The van der Waals surface area contributed by atoms with Crippen LogP contribution in [0.3, 0.4) is 0 Å². The Kier molecular flexibility index (Phi) is 3.78. The largest absolute Gasteiger partial charge is 0.314 e. The van der Waals surface area contributed by atoms with Crippen molar-refractivity contribution in [1.29, 1.82) is 0 Å². The monoisotopic (exact) mass is 207 g/mol. The van der Waals surface area contributed by atoms with E-state index in [2.05, 4.69) is 16.6 Å². The third-order valence-corrected chi connectivity index (χ3v) is 3.20. The predicted molar refractivity (Wildman–Crippen MR) is 61.8 cm³/mol. The van der Waals surface area contributed by atoms with Gasteiger partial charge in [-0.2, -0.15) is 5.10 Å². The van der Waals surface area contributed by atoms with Crippen LogP contribution in [0.15, 0.2) is 12.4 Å². The maximum Gasteiger partial charge on any atom is 0.0521 e. The van der Waals surface area contributed by atoms with Gasteiger partial charge in [0, 0.05) is 19.3 Å². The fourth-order valence-electron chi connectivity index (χ4n) is 2.29. The number of aryl methyl sites for hydroxylation is 2. The van der Waals surface area contributed by atoms with Crippen molar-refractivity contribution in [2.45, 2.75) is 44.6 Å². The lowest BCUT2D eigenvalue weighted by Gasteiger charge is -2.14. The Bertz CT molecular complexity index is 285. The standard InChI is InChI=1S/C12H21N3/c1-15-10-11(9-14-15)6-7-12-5-3-2-4-8-13-12/h9-10,12-13H,2-8H2,1H3. The minimum Gasteiger partial charge on any atom is -0.314 e. The molecule has 1 fully saturated rings. The van der Waals surface area contributed by atoms with Crippen molar-refractivity contribution in [3.8, 4) is 0 Å². The van der Waals surface area contributed by atoms with Gasteiger partial charge < -0.3 is 5.32 Å². The van der Waals surface area contributed by atoms with E-state index < -0.39 is 0 Å². The summed E-state index contributed by atoms with van der Waals surface area (Å²) in [6, 6.07) is 0.729. The number of hydrogen-bond donors (Lipinski definition) is 1. The van der Waals surface area contributed by atoms with Crippen molar-refractivity contribution in [2.24, 2.45) is 7.05 Å². The van der Waals surface area contributed by atoms with Crippen LogP contribution in [0, 0.1) is 0 Å². The molecule has 1 aliphatic rings. The lowest BCUT2D eigenvalue weighted by Crippen LogP contribution is -2.28. The highest BCUT2D eigenvalue weighted by atomic mass is 15.2. The molecule has 0 aliphatic carbocycles. The van der Waals surface area contributed by atoms with Crippen molar-refractivity contribution in [1.82, 2.24) is 15.1 Å². The maximum atomic E-state index is 4.20. The second-order valence-corrected chi connectivity index (χ2v) is 4.56. The number of aromatic nitrogens is 2. The van der Waals surface area contributed by atoms with Crippen molar-refractivity contribution in [3.63, 3.8) is 0 Å². The van der Waals surface area contributed by atoms with E-state index in [1.807, 2.05) is 17.9 Å². The minimum atomic E-state index is 0.729. The summed E-state index contributed by atoms with van der Waals surface area (Å²) in [6.07, 6.45) is 12.0. The summed E-state index contributed by atoms with van der Waals surface area (Å²) < 4.78 is 1.88. The topological polar surface area (TPSA) is 29.9 Å². The van der Waals surface area contributed by atoms with Crippen LogP contribution < -0.4 is 5.32 Å². The first-order valence-electron chi connectivity index (χ1n) is 6.05. The van der Waals surface area contributed by atoms with Gasteiger partial charge in [0.25, 0.3) is 0 Å². The molecule has 1 aliphatic heterocycles. The summed E-state index contributed by atoms with van der Waals surface area (Å²) in [7, 11) is 1.98. The van der Waals surface area contributed by atoms with Gasteiger partial charge in [0.2, 0.25) is 0 Å². The lowest BCUT2D eigenvalue weighted by molar-refractivity contribution is 0.478. The molecule has 1 aromatic rings. The molecule has 2 heterocycles. The highest BCUT2D eigenvalue weighted by Gasteiger charge is 2.11. The molecule has 0 spiro atoms. The van der Waals surface area contributed by atoms with Gasteiger partial charge in [-0.1, -0.05) is 12.8 Å². The first-order valence-corrected chi connectivity index (χ1v) is 6.05. The zero-order valence-electron chi connectivity index (χ0n) is 9.58. The fraction of sp³-hybridized carbons (Fsp3) is 0.750. The third kappa shape index (κ3) is 3.34. The first-order chi connectivity index (χ1) is 7.34. The molecule has 15 heavy (non-hydrogen) atoms. The second kappa shape index (κ2) is 5.31. The molecular formula is C12H21N3. The van der Waals surface area contributed by atoms with Crippen LogP contribution in [-0.4, -0.2) is 22.4 Å². The molecule has 1 saturated heterocycles. The number of nitrogens with one attached hydrogen (secondary N) is 1. The van der Waals surface area contributed by atoms with E-state index in [1.165, 1.54) is 44.2 Å². The Labute approximate surface area is 91.9 Å². The summed E-state index contributed by atoms with van der Waals surface area (Å²) in [5, 5.41) is 7.83. The van der Waals surface area contributed by atoms with Crippen LogP contribution in [0.4, 0.5) is 0 Å². The first kappa shape index (κ1) is 10.7. The summed E-state index contributed by atoms with van der Waals surface area (Å²) >= 11 is 0. The van der Waals surface area contributed by atoms with Crippen LogP contribution in [0.1, 0.15) is 37.7 Å². The summed E-state index contributed by atoms with van der Waals surface area (Å²) in [5.74, 6) is 0. The molecule has 84 valence electrons. The van der Waals surface area contributed by atoms with Gasteiger partial charge in [0.1, 0.15) is 0 Å². The van der Waals surface area contributed by atoms with Gasteiger partial charge in [-0.3, -0.25) is 4.68 Å². The summed E-state index contributed by atoms with van der Waals surface area (Å²) in [4.78, 5) is 0. The Balaban J connectivity index is 1.76. The van der Waals surface area contributed by atoms with Crippen LogP contribution in [0.2, 0.25) is 0 Å². The Morgan fingerprint density at radius 2 is 2.40 bits per heavy atom. The summed E-state index contributed by atoms with van der Waals surface area (Å²) in [6.45, 7) is 1.21. The van der Waals surface area contributed by atoms with Crippen LogP contribution >= 0.6 is 0 Å². The molecule has 0 amide bonds. The molecule has 1 unspecified atom stereocenters. The van der Waals surface area contributed by atoms with E-state index >= 15 is 0 Å². The van der Waals surface area contributed by atoms with E-state index in [4.69, 9.17) is 0 Å². The lowest BCUT2D eigenvalue weighted by atomic mass is 10.0. The fourth-order valence-corrected chi connectivity index (χ4v) is 2.29. The molecule has 0 bridgehead atoms. The van der Waals surface area contributed by atoms with Gasteiger partial charge in [0.05, 0.1) is 6.20 Å². The summed E-state index contributed by atoms with van der Waals surface area (Å²) in [5.41, 5.74) is 1.36. The Morgan fingerprint density at radius 1 is 1.47 bits per heavy atom. The highest BCUT2D eigenvalue weighted by molar-refractivity contribution is 5.03. The zero-order chi connectivity index (χ0) is 10.5. The number of nitrogens with zero attached hydrogens (tertiary/aromatic N) is 2. The predicted octanol–water partition coefficient (Wildman–Crippen LogP) is 1.88. The highest BCUT2D eigenvalue weighted by Crippen LogP contribution is 2.13. The molecule has 0 aromatic carbocycles. The molecule has 3 nitrogen and oxygen atoms in total. The van der Waals surface area contributed by atoms with Gasteiger partial charge in [-0.05, 0) is 37.8 Å². The van der Waals surface area contributed by atoms with Gasteiger partial charge in [-0.15, -0.1) is 0 Å². The van der Waals surface area contributed by atoms with E-state index in [-0.39, 0.29) is 0 Å². The molecule has 3 heteroatoms. The van der Waals surface area contributed by atoms with E-state index in [0.717, 1.165) is 12.5 Å². The Hall–Kier alpha value is -0.830. The van der Waals surface area contributed by atoms with Gasteiger partial charge >= 0.3 is 0 Å². The quantitative estimate of drug-likeness (QED) is 0.820. The van der Waals surface area contributed by atoms with E-state index in [1.54, 1.807) is 0 Å². The smallest absolute Gasteiger partial charge is 0.0521 e.